The molecule has 0 aliphatic carbocycles. The monoisotopic (exact) mass is 597 g/mol. The van der Waals surface area contributed by atoms with Crippen LogP contribution in [0.1, 0.15) is 43.4 Å². The minimum absolute atomic E-state index is 0.774. The number of allylic oxidation sites excluding steroid dienone is 3. The number of thiol groups is 3. The molecule has 0 radical (unpaired) electrons. The van der Waals surface area contributed by atoms with Crippen LogP contribution in [0.2, 0.25) is 0 Å². The summed E-state index contributed by atoms with van der Waals surface area (Å²) in [6.07, 6.45) is 8.39. The first-order chi connectivity index (χ1) is 19.4. The average molecular weight is 598 g/mol. The SMILES string of the molecule is C/C=C\C(=C/C(=S)C(NCCCC)(c1ccccc1)c1cc(-c2ccc(S)cc2)ccc1S)c1ccc(S)cc1. The second kappa shape index (κ2) is 14.4. The summed E-state index contributed by atoms with van der Waals surface area (Å²) < 4.78 is 0. The Bertz CT molecular complexity index is 1490. The Morgan fingerprint density at radius 2 is 1.45 bits per heavy atom. The van der Waals surface area contributed by atoms with E-state index in [4.69, 9.17) is 24.8 Å². The molecule has 0 spiro atoms. The second-order valence-electron chi connectivity index (χ2n) is 9.69. The summed E-state index contributed by atoms with van der Waals surface area (Å²) in [6.45, 7) is 5.03. The van der Waals surface area contributed by atoms with Crippen LogP contribution in [0.25, 0.3) is 16.7 Å². The molecule has 4 aromatic carbocycles. The summed E-state index contributed by atoms with van der Waals surface area (Å²) in [7, 11) is 0. The van der Waals surface area contributed by atoms with Gasteiger partial charge in [-0.25, -0.2) is 0 Å². The molecule has 1 N–H and O–H groups in total. The lowest BCUT2D eigenvalue weighted by atomic mass is 9.78. The first kappa shape index (κ1) is 30.4. The molecule has 40 heavy (non-hydrogen) atoms. The smallest absolute Gasteiger partial charge is 0.106 e. The number of hydrogen-bond donors (Lipinski definition) is 4. The molecule has 4 rings (SSSR count). The number of unbranched alkanes of at least 4 members (excludes halogenated alkanes) is 1. The largest absolute Gasteiger partial charge is 0.299 e. The molecular formula is C35H35NS4. The maximum atomic E-state index is 6.42. The summed E-state index contributed by atoms with van der Waals surface area (Å²) >= 11 is 20.4. The van der Waals surface area contributed by atoms with Crippen LogP contribution in [-0.2, 0) is 5.54 Å². The van der Waals surface area contributed by atoms with E-state index in [2.05, 4.69) is 116 Å². The van der Waals surface area contributed by atoms with E-state index in [1.165, 1.54) is 0 Å². The number of nitrogens with one attached hydrogen (secondary N) is 1. The van der Waals surface area contributed by atoms with Gasteiger partial charge in [0, 0.05) is 19.6 Å². The first-order valence-electron chi connectivity index (χ1n) is 13.5. The van der Waals surface area contributed by atoms with E-state index in [9.17, 15) is 0 Å². The van der Waals surface area contributed by atoms with Gasteiger partial charge in [-0.15, -0.1) is 37.9 Å². The highest BCUT2D eigenvalue weighted by Crippen LogP contribution is 2.39. The van der Waals surface area contributed by atoms with Gasteiger partial charge in [0.25, 0.3) is 0 Å². The van der Waals surface area contributed by atoms with Gasteiger partial charge in [-0.3, -0.25) is 5.32 Å². The van der Waals surface area contributed by atoms with Gasteiger partial charge in [0.1, 0.15) is 5.54 Å². The molecule has 0 saturated carbocycles. The number of thiocarbonyl (C=S) groups is 1. The van der Waals surface area contributed by atoms with Gasteiger partial charge in [-0.2, -0.15) is 0 Å². The van der Waals surface area contributed by atoms with Crippen molar-refractivity contribution >= 4 is 60.5 Å². The maximum absolute atomic E-state index is 6.42. The third kappa shape index (κ3) is 7.02. The zero-order valence-corrected chi connectivity index (χ0v) is 26.3. The summed E-state index contributed by atoms with van der Waals surface area (Å²) in [6, 6.07) is 33.3. The van der Waals surface area contributed by atoms with Crippen molar-refractivity contribution in [1.82, 2.24) is 5.32 Å². The number of benzene rings is 4. The lowest BCUT2D eigenvalue weighted by molar-refractivity contribution is 0.506. The van der Waals surface area contributed by atoms with E-state index in [1.54, 1.807) is 0 Å². The molecule has 204 valence electrons. The number of hydrogen-bond acceptors (Lipinski definition) is 5. The second-order valence-corrected chi connectivity index (χ2v) is 11.6. The fourth-order valence-electron chi connectivity index (χ4n) is 4.84. The Labute approximate surface area is 261 Å². The minimum atomic E-state index is -0.779. The van der Waals surface area contributed by atoms with Crippen molar-refractivity contribution in [3.63, 3.8) is 0 Å². The average Bonchev–Trinajstić information content (AvgIpc) is 2.97. The maximum Gasteiger partial charge on any atom is 0.106 e. The molecular weight excluding hydrogens is 563 g/mol. The van der Waals surface area contributed by atoms with Crippen molar-refractivity contribution in [1.29, 1.82) is 0 Å². The molecule has 5 heteroatoms. The van der Waals surface area contributed by atoms with Crippen LogP contribution >= 0.6 is 50.1 Å². The summed E-state index contributed by atoms with van der Waals surface area (Å²) in [5.74, 6) is 0. The quantitative estimate of drug-likeness (QED) is 0.0451. The molecule has 0 bridgehead atoms. The van der Waals surface area contributed by atoms with Gasteiger partial charge in [-0.05, 0) is 95.8 Å². The normalized spacial score (nSPS) is 13.4. The van der Waals surface area contributed by atoms with E-state index < -0.39 is 5.54 Å². The fourth-order valence-corrected chi connectivity index (χ4v) is 5.87. The molecule has 1 atom stereocenters. The van der Waals surface area contributed by atoms with E-state index >= 15 is 0 Å². The van der Waals surface area contributed by atoms with E-state index in [1.807, 2.05) is 43.3 Å². The minimum Gasteiger partial charge on any atom is -0.299 e. The zero-order chi connectivity index (χ0) is 28.5. The van der Waals surface area contributed by atoms with Crippen molar-refractivity contribution in [3.05, 3.63) is 132 Å². The first-order valence-corrected chi connectivity index (χ1v) is 15.3. The Morgan fingerprint density at radius 1 is 0.825 bits per heavy atom. The van der Waals surface area contributed by atoms with Gasteiger partial charge >= 0.3 is 0 Å². The highest BCUT2D eigenvalue weighted by molar-refractivity contribution is 7.81. The molecule has 0 fully saturated rings. The van der Waals surface area contributed by atoms with E-state index in [-0.39, 0.29) is 0 Å². The summed E-state index contributed by atoms with van der Waals surface area (Å²) in [5.41, 5.74) is 5.67. The van der Waals surface area contributed by atoms with E-state index in [0.717, 1.165) is 72.3 Å². The van der Waals surface area contributed by atoms with Crippen LogP contribution in [-0.4, -0.2) is 11.4 Å². The fraction of sp³-hybridized carbons (Fsp3) is 0.171. The van der Waals surface area contributed by atoms with Crippen molar-refractivity contribution < 1.29 is 0 Å². The predicted octanol–water partition coefficient (Wildman–Crippen LogP) is 9.88. The van der Waals surface area contributed by atoms with Crippen LogP contribution in [0, 0.1) is 0 Å². The topological polar surface area (TPSA) is 12.0 Å². The standard InChI is InChI=1S/C35H35NS4/c1-3-5-22-36-35(29-10-7-6-8-11-29,34(40)24-27(9-4-2)25-12-17-30(37)18-13-25)32-23-28(16-21-33(32)39)26-14-19-31(38)20-15-26/h4,6-21,23-24,36-39H,3,5,22H2,1-2H3/b9-4-,27-24+. The van der Waals surface area contributed by atoms with Gasteiger partial charge in [0.15, 0.2) is 0 Å². The van der Waals surface area contributed by atoms with Crippen molar-refractivity contribution in [2.24, 2.45) is 0 Å². The highest BCUT2D eigenvalue weighted by Gasteiger charge is 2.39. The van der Waals surface area contributed by atoms with Crippen molar-refractivity contribution in [3.8, 4) is 11.1 Å². The van der Waals surface area contributed by atoms with Gasteiger partial charge in [0.05, 0.1) is 0 Å². The molecule has 4 aromatic rings. The molecule has 1 unspecified atom stereocenters. The Balaban J connectivity index is 1.98. The lowest BCUT2D eigenvalue weighted by Crippen LogP contribution is -2.49. The predicted molar refractivity (Wildman–Crippen MR) is 186 cm³/mol. The lowest BCUT2D eigenvalue weighted by Gasteiger charge is -2.38. The highest BCUT2D eigenvalue weighted by atomic mass is 32.1. The van der Waals surface area contributed by atoms with Crippen LogP contribution in [0.15, 0.2) is 130 Å². The van der Waals surface area contributed by atoms with Crippen LogP contribution in [0.5, 0.6) is 0 Å². The van der Waals surface area contributed by atoms with E-state index in [0.29, 0.717) is 0 Å². The molecule has 0 aromatic heterocycles. The Morgan fingerprint density at radius 3 is 2.08 bits per heavy atom. The summed E-state index contributed by atoms with van der Waals surface area (Å²) in [5, 5.41) is 3.92. The van der Waals surface area contributed by atoms with Crippen LogP contribution in [0.3, 0.4) is 0 Å². The molecule has 0 heterocycles. The van der Waals surface area contributed by atoms with Crippen LogP contribution < -0.4 is 5.32 Å². The van der Waals surface area contributed by atoms with Gasteiger partial charge in [-0.1, -0.05) is 98.4 Å². The molecule has 0 aliphatic rings. The zero-order valence-electron chi connectivity index (χ0n) is 22.8. The van der Waals surface area contributed by atoms with Crippen LogP contribution in [0.4, 0.5) is 0 Å². The van der Waals surface area contributed by atoms with Gasteiger partial charge in [0.2, 0.25) is 0 Å². The van der Waals surface area contributed by atoms with Crippen molar-refractivity contribution in [2.45, 2.75) is 46.9 Å². The molecule has 0 amide bonds. The van der Waals surface area contributed by atoms with Crippen molar-refractivity contribution in [2.75, 3.05) is 6.54 Å². The molecule has 0 saturated heterocycles. The van der Waals surface area contributed by atoms with Gasteiger partial charge < -0.3 is 0 Å². The summed E-state index contributed by atoms with van der Waals surface area (Å²) in [4.78, 5) is 3.51. The molecule has 0 aliphatic heterocycles. The third-order valence-corrected chi connectivity index (χ3v) is 8.34. The number of rotatable bonds is 11. The Hall–Kier alpha value is -2.54. The molecule has 1 nitrogen and oxygen atoms in total. The third-order valence-electron chi connectivity index (χ3n) is 6.93. The Kier molecular flexibility index (Phi) is 10.9.